The van der Waals surface area contributed by atoms with Crippen molar-refractivity contribution in [3.8, 4) is 5.88 Å². The summed E-state index contributed by atoms with van der Waals surface area (Å²) in [6.45, 7) is 3.40. The van der Waals surface area contributed by atoms with E-state index in [1.165, 1.54) is 27.1 Å². The first kappa shape index (κ1) is 19.4. The van der Waals surface area contributed by atoms with Gasteiger partial charge in [0.15, 0.2) is 5.58 Å². The van der Waals surface area contributed by atoms with Gasteiger partial charge in [0.1, 0.15) is 11.6 Å². The molecule has 0 radical (unpaired) electrons. The molecule has 0 amide bonds. The second-order valence-electron chi connectivity index (χ2n) is 6.76. The average molecular weight is 419 g/mol. The van der Waals surface area contributed by atoms with Crippen LogP contribution in [0.5, 0.6) is 5.88 Å². The molecular formula is C18H21N5O5S. The molecule has 3 aromatic rings. The maximum atomic E-state index is 13.1. The summed E-state index contributed by atoms with van der Waals surface area (Å²) >= 11 is 0. The Balaban J connectivity index is 1.55. The van der Waals surface area contributed by atoms with Crippen LogP contribution >= 0.6 is 0 Å². The number of methoxy groups -OCH3 is 1. The van der Waals surface area contributed by atoms with E-state index in [9.17, 15) is 13.2 Å². The van der Waals surface area contributed by atoms with Gasteiger partial charge in [0.2, 0.25) is 15.9 Å². The van der Waals surface area contributed by atoms with Gasteiger partial charge >= 0.3 is 5.76 Å². The molecular weight excluding hydrogens is 398 g/mol. The summed E-state index contributed by atoms with van der Waals surface area (Å²) < 4.78 is 39.2. The number of fused-ring (bicyclic) bond motifs is 1. The third-order valence-electron chi connectivity index (χ3n) is 4.97. The summed E-state index contributed by atoms with van der Waals surface area (Å²) in [4.78, 5) is 22.4. The first-order valence-electron chi connectivity index (χ1n) is 9.04. The summed E-state index contributed by atoms with van der Waals surface area (Å²) in [6.07, 6.45) is 0. The van der Waals surface area contributed by atoms with Gasteiger partial charge in [-0.25, -0.2) is 18.2 Å². The number of benzene rings is 1. The molecule has 2 aromatic heterocycles. The highest BCUT2D eigenvalue weighted by Gasteiger charge is 2.30. The number of hydrogen-bond acceptors (Lipinski definition) is 8. The summed E-state index contributed by atoms with van der Waals surface area (Å²) in [5, 5.41) is 0. The van der Waals surface area contributed by atoms with Gasteiger partial charge in [-0.15, -0.1) is 0 Å². The zero-order valence-corrected chi connectivity index (χ0v) is 17.1. The van der Waals surface area contributed by atoms with E-state index < -0.39 is 15.8 Å². The molecule has 1 fully saturated rings. The number of nitrogens with zero attached hydrogens (tertiary/aromatic N) is 5. The lowest BCUT2D eigenvalue weighted by molar-refractivity contribution is 0.380. The molecule has 0 N–H and O–H groups in total. The van der Waals surface area contributed by atoms with Crippen LogP contribution in [0.1, 0.15) is 5.82 Å². The standard InChI is InChI=1S/C18H21N5O5S/c1-12-19-16(11-17(20-12)27-3)22-6-8-23(9-7-22)29(25,26)13-4-5-15-14(10-13)21(2)18(24)28-15/h4-5,10-11H,6-9H2,1-3H3. The van der Waals surface area contributed by atoms with Crippen molar-refractivity contribution >= 4 is 26.9 Å². The van der Waals surface area contributed by atoms with E-state index in [0.29, 0.717) is 54.8 Å². The number of oxazole rings is 1. The van der Waals surface area contributed by atoms with Gasteiger partial charge in [-0.1, -0.05) is 0 Å². The summed E-state index contributed by atoms with van der Waals surface area (Å²) in [5.74, 6) is 1.25. The van der Waals surface area contributed by atoms with Crippen LogP contribution in [0.3, 0.4) is 0 Å². The Morgan fingerprint density at radius 3 is 2.52 bits per heavy atom. The second-order valence-corrected chi connectivity index (χ2v) is 8.70. The van der Waals surface area contributed by atoms with E-state index in [-0.39, 0.29) is 4.90 Å². The highest BCUT2D eigenvalue weighted by atomic mass is 32.2. The minimum Gasteiger partial charge on any atom is -0.481 e. The highest BCUT2D eigenvalue weighted by Crippen LogP contribution is 2.24. The summed E-state index contributed by atoms with van der Waals surface area (Å²) in [7, 11) is -0.608. The first-order valence-corrected chi connectivity index (χ1v) is 10.5. The molecule has 0 atom stereocenters. The lowest BCUT2D eigenvalue weighted by atomic mass is 10.3. The van der Waals surface area contributed by atoms with Crippen molar-refractivity contribution < 1.29 is 17.6 Å². The molecule has 0 saturated carbocycles. The predicted octanol–water partition coefficient (Wildman–Crippen LogP) is 0.749. The molecule has 1 aliphatic rings. The largest absolute Gasteiger partial charge is 0.481 e. The molecule has 0 aliphatic carbocycles. The van der Waals surface area contributed by atoms with Crippen molar-refractivity contribution in [1.82, 2.24) is 18.8 Å². The van der Waals surface area contributed by atoms with Crippen molar-refractivity contribution in [3.05, 3.63) is 40.6 Å². The smallest absolute Gasteiger partial charge is 0.419 e. The van der Waals surface area contributed by atoms with E-state index in [2.05, 4.69) is 9.97 Å². The van der Waals surface area contributed by atoms with E-state index in [1.54, 1.807) is 27.1 Å². The van der Waals surface area contributed by atoms with Gasteiger partial charge < -0.3 is 14.1 Å². The van der Waals surface area contributed by atoms with E-state index in [1.807, 2.05) is 4.90 Å². The van der Waals surface area contributed by atoms with Gasteiger partial charge in [0, 0.05) is 39.3 Å². The number of aryl methyl sites for hydroxylation is 2. The van der Waals surface area contributed by atoms with Gasteiger partial charge in [0.25, 0.3) is 0 Å². The third kappa shape index (κ3) is 3.47. The highest BCUT2D eigenvalue weighted by molar-refractivity contribution is 7.89. The monoisotopic (exact) mass is 419 g/mol. The SMILES string of the molecule is COc1cc(N2CCN(S(=O)(=O)c3ccc4oc(=O)n(C)c4c3)CC2)nc(C)n1. The molecule has 1 aliphatic heterocycles. The molecule has 0 spiro atoms. The Bertz CT molecular complexity index is 1230. The lowest BCUT2D eigenvalue weighted by Gasteiger charge is -2.34. The van der Waals surface area contributed by atoms with Crippen LogP contribution in [0.25, 0.3) is 11.1 Å². The van der Waals surface area contributed by atoms with Crippen LogP contribution in [-0.4, -0.2) is 60.5 Å². The van der Waals surface area contributed by atoms with Crippen LogP contribution in [-0.2, 0) is 17.1 Å². The van der Waals surface area contributed by atoms with Crippen molar-refractivity contribution in [3.63, 3.8) is 0 Å². The Morgan fingerprint density at radius 1 is 1.10 bits per heavy atom. The maximum absolute atomic E-state index is 13.1. The zero-order valence-electron chi connectivity index (χ0n) is 16.3. The predicted molar refractivity (Wildman–Crippen MR) is 106 cm³/mol. The minimum absolute atomic E-state index is 0.134. The van der Waals surface area contributed by atoms with Gasteiger partial charge in [-0.2, -0.15) is 9.29 Å². The van der Waals surface area contributed by atoms with Crippen LogP contribution in [0.4, 0.5) is 5.82 Å². The van der Waals surface area contributed by atoms with Crippen molar-refractivity contribution in [2.24, 2.45) is 7.05 Å². The third-order valence-corrected chi connectivity index (χ3v) is 6.87. The Kier molecular flexibility index (Phi) is 4.79. The number of piperazine rings is 1. The second kappa shape index (κ2) is 7.16. The fourth-order valence-corrected chi connectivity index (χ4v) is 4.81. The normalized spacial score (nSPS) is 15.8. The zero-order chi connectivity index (χ0) is 20.8. The number of sulfonamides is 1. The number of hydrogen-bond donors (Lipinski definition) is 0. The van der Waals surface area contributed by atoms with Crippen LogP contribution in [0, 0.1) is 6.92 Å². The molecule has 0 unspecified atom stereocenters. The summed E-state index contributed by atoms with van der Waals surface area (Å²) in [6, 6.07) is 6.19. The first-order chi connectivity index (χ1) is 13.8. The topological polar surface area (TPSA) is 111 Å². The molecule has 29 heavy (non-hydrogen) atoms. The number of anilines is 1. The van der Waals surface area contributed by atoms with Crippen molar-refractivity contribution in [2.45, 2.75) is 11.8 Å². The van der Waals surface area contributed by atoms with Crippen molar-refractivity contribution in [1.29, 1.82) is 0 Å². The molecule has 4 rings (SSSR count). The van der Waals surface area contributed by atoms with Crippen LogP contribution < -0.4 is 15.4 Å². The van der Waals surface area contributed by atoms with E-state index in [4.69, 9.17) is 9.15 Å². The summed E-state index contributed by atoms with van der Waals surface area (Å²) in [5.41, 5.74) is 0.799. The number of aromatic nitrogens is 3. The molecule has 1 aromatic carbocycles. The fourth-order valence-electron chi connectivity index (χ4n) is 3.37. The lowest BCUT2D eigenvalue weighted by Crippen LogP contribution is -2.49. The van der Waals surface area contributed by atoms with E-state index in [0.717, 1.165) is 0 Å². The maximum Gasteiger partial charge on any atom is 0.419 e. The molecule has 11 heteroatoms. The van der Waals surface area contributed by atoms with Gasteiger partial charge in [0.05, 0.1) is 17.5 Å². The number of ether oxygens (including phenoxy) is 1. The van der Waals surface area contributed by atoms with Crippen LogP contribution in [0.15, 0.2) is 38.4 Å². The van der Waals surface area contributed by atoms with Gasteiger partial charge in [-0.05, 0) is 25.1 Å². The quantitative estimate of drug-likeness (QED) is 0.609. The molecule has 3 heterocycles. The molecule has 10 nitrogen and oxygen atoms in total. The number of rotatable bonds is 4. The van der Waals surface area contributed by atoms with Crippen molar-refractivity contribution in [2.75, 3.05) is 38.2 Å². The minimum atomic E-state index is -3.70. The van der Waals surface area contributed by atoms with Gasteiger partial charge in [-0.3, -0.25) is 4.57 Å². The van der Waals surface area contributed by atoms with E-state index >= 15 is 0 Å². The molecule has 1 saturated heterocycles. The van der Waals surface area contributed by atoms with Crippen LogP contribution in [0.2, 0.25) is 0 Å². The Hall–Kier alpha value is -2.92. The average Bonchev–Trinajstić information content (AvgIpc) is 3.01. The Labute approximate surface area is 167 Å². The Morgan fingerprint density at radius 2 is 1.83 bits per heavy atom. The molecule has 0 bridgehead atoms. The molecule has 154 valence electrons. The fraction of sp³-hybridized carbons (Fsp3) is 0.389.